The number of fused-ring (bicyclic) bond motifs is 3. The van der Waals surface area contributed by atoms with Gasteiger partial charge < -0.3 is 23.7 Å². The van der Waals surface area contributed by atoms with Gasteiger partial charge in [0, 0.05) is 10.8 Å². The normalized spacial score (nSPS) is 12.0. The van der Waals surface area contributed by atoms with Crippen LogP contribution in [-0.4, -0.2) is 16.4 Å². The second-order valence-corrected chi connectivity index (χ2v) is 9.47. The molecule has 4 aromatic rings. The van der Waals surface area contributed by atoms with E-state index in [9.17, 15) is 18.7 Å². The number of hydrogen-bond acceptors (Lipinski definition) is 4. The van der Waals surface area contributed by atoms with Crippen LogP contribution in [0.3, 0.4) is 0 Å². The third-order valence-corrected chi connectivity index (χ3v) is 6.30. The topological polar surface area (TPSA) is 89.1 Å². The van der Waals surface area contributed by atoms with Crippen LogP contribution < -0.4 is 14.8 Å². The van der Waals surface area contributed by atoms with Crippen LogP contribution in [0.2, 0.25) is 0 Å². The lowest BCUT2D eigenvalue weighted by atomic mass is 10.1. The number of hydrogen-bond donors (Lipinski definition) is 2. The van der Waals surface area contributed by atoms with Crippen molar-refractivity contribution in [1.82, 2.24) is 0 Å². The predicted molar refractivity (Wildman–Crippen MR) is 122 cm³/mol. The molecule has 0 radical (unpaired) electrons. The summed E-state index contributed by atoms with van der Waals surface area (Å²) in [6.07, 6.45) is 1.68. The summed E-state index contributed by atoms with van der Waals surface area (Å²) >= 11 is 0. The van der Waals surface area contributed by atoms with Gasteiger partial charge in [0.15, 0.2) is 22.7 Å². The molecule has 0 atom stereocenters. The fourth-order valence-electron chi connectivity index (χ4n) is 3.69. The molecular formula is C24H23F2O6P. The molecule has 0 amide bonds. The highest BCUT2D eigenvalue weighted by molar-refractivity contribution is 7.60. The second-order valence-electron chi connectivity index (χ2n) is 7.87. The van der Waals surface area contributed by atoms with Gasteiger partial charge >= 0.3 is 7.60 Å². The molecule has 6 nitrogen and oxygen atoms in total. The number of furan rings is 1. The van der Waals surface area contributed by atoms with Crippen molar-refractivity contribution in [2.24, 2.45) is 0 Å². The Morgan fingerprint density at radius 2 is 1.48 bits per heavy atom. The lowest BCUT2D eigenvalue weighted by Crippen LogP contribution is -2.07. The molecule has 0 saturated heterocycles. The van der Waals surface area contributed by atoms with E-state index in [1.54, 1.807) is 26.0 Å². The first kappa shape index (κ1) is 23.2. The summed E-state index contributed by atoms with van der Waals surface area (Å²) in [5, 5.41) is 0.652. The molecule has 174 valence electrons. The standard InChI is InChI=1S/C24H23F2O6P/c1-4-5-10-30-18-8-6-16-17-7-9-19(21(26)24(17)32-23(16)20(18)25)31-22-13(2)11-15(12-14(22)3)33(27,28)29/h6-9,11-12H,4-5,10H2,1-3H3,(H2,27,28,29). The molecule has 1 heterocycles. The maximum atomic E-state index is 15.3. The van der Waals surface area contributed by atoms with Gasteiger partial charge in [0.05, 0.1) is 11.9 Å². The van der Waals surface area contributed by atoms with Crippen molar-refractivity contribution in [3.8, 4) is 17.2 Å². The Bertz CT molecular complexity index is 1380. The highest BCUT2D eigenvalue weighted by Crippen LogP contribution is 2.41. The molecule has 4 rings (SSSR count). The zero-order valence-electron chi connectivity index (χ0n) is 18.3. The van der Waals surface area contributed by atoms with E-state index in [-0.39, 0.29) is 33.7 Å². The van der Waals surface area contributed by atoms with Crippen LogP contribution in [-0.2, 0) is 4.57 Å². The molecule has 0 fully saturated rings. The van der Waals surface area contributed by atoms with E-state index in [0.29, 0.717) is 28.5 Å². The molecule has 0 unspecified atom stereocenters. The molecule has 2 N–H and O–H groups in total. The number of ether oxygens (including phenoxy) is 2. The monoisotopic (exact) mass is 476 g/mol. The summed E-state index contributed by atoms with van der Waals surface area (Å²) in [4.78, 5) is 18.8. The largest absolute Gasteiger partial charge is 0.490 e. The molecule has 0 aliphatic rings. The van der Waals surface area contributed by atoms with Crippen molar-refractivity contribution in [3.63, 3.8) is 0 Å². The Morgan fingerprint density at radius 3 is 2.03 bits per heavy atom. The minimum atomic E-state index is -4.44. The Kier molecular flexibility index (Phi) is 6.18. The Labute approximate surface area is 188 Å². The molecule has 0 saturated carbocycles. The smallest absolute Gasteiger partial charge is 0.356 e. The second kappa shape index (κ2) is 8.78. The van der Waals surface area contributed by atoms with Gasteiger partial charge in [0.1, 0.15) is 5.75 Å². The molecule has 33 heavy (non-hydrogen) atoms. The highest BCUT2D eigenvalue weighted by Gasteiger charge is 2.23. The van der Waals surface area contributed by atoms with Crippen LogP contribution in [0.15, 0.2) is 40.8 Å². The highest BCUT2D eigenvalue weighted by atomic mass is 31.2. The van der Waals surface area contributed by atoms with Crippen molar-refractivity contribution in [1.29, 1.82) is 0 Å². The van der Waals surface area contributed by atoms with E-state index >= 15 is 4.39 Å². The van der Waals surface area contributed by atoms with Gasteiger partial charge in [-0.15, -0.1) is 0 Å². The molecule has 1 aromatic heterocycles. The first-order valence-electron chi connectivity index (χ1n) is 10.4. The van der Waals surface area contributed by atoms with E-state index in [0.717, 1.165) is 12.8 Å². The summed E-state index contributed by atoms with van der Waals surface area (Å²) < 4.78 is 58.6. The van der Waals surface area contributed by atoms with Gasteiger partial charge in [0.25, 0.3) is 0 Å². The van der Waals surface area contributed by atoms with Gasteiger partial charge in [-0.25, -0.2) is 0 Å². The number of unbranched alkanes of at least 4 members (excludes halogenated alkanes) is 1. The summed E-state index contributed by atoms with van der Waals surface area (Å²) in [6.45, 7) is 5.58. The maximum Gasteiger partial charge on any atom is 0.356 e. The fourth-order valence-corrected chi connectivity index (χ4v) is 4.41. The van der Waals surface area contributed by atoms with E-state index in [1.807, 2.05) is 6.92 Å². The molecule has 3 aromatic carbocycles. The van der Waals surface area contributed by atoms with Gasteiger partial charge in [-0.1, -0.05) is 13.3 Å². The minimum absolute atomic E-state index is 0.0447. The van der Waals surface area contributed by atoms with Crippen molar-refractivity contribution in [2.45, 2.75) is 33.6 Å². The van der Waals surface area contributed by atoms with Crippen molar-refractivity contribution >= 4 is 34.8 Å². The van der Waals surface area contributed by atoms with Crippen molar-refractivity contribution < 1.29 is 37.0 Å². The van der Waals surface area contributed by atoms with Crippen LogP contribution in [0.5, 0.6) is 17.2 Å². The summed E-state index contributed by atoms with van der Waals surface area (Å²) in [6, 6.07) is 8.71. The first-order chi connectivity index (χ1) is 15.6. The average molecular weight is 476 g/mol. The van der Waals surface area contributed by atoms with E-state index in [2.05, 4.69) is 0 Å². The van der Waals surface area contributed by atoms with E-state index in [1.165, 1.54) is 24.3 Å². The molecule has 0 aliphatic carbocycles. The molecular weight excluding hydrogens is 453 g/mol. The van der Waals surface area contributed by atoms with Gasteiger partial charge in [-0.2, -0.15) is 8.78 Å². The van der Waals surface area contributed by atoms with Crippen LogP contribution in [0.4, 0.5) is 8.78 Å². The fraction of sp³-hybridized carbons (Fsp3) is 0.250. The quantitative estimate of drug-likeness (QED) is 0.242. The molecule has 0 bridgehead atoms. The van der Waals surface area contributed by atoms with E-state index < -0.39 is 19.2 Å². The van der Waals surface area contributed by atoms with Crippen LogP contribution in [0.25, 0.3) is 21.9 Å². The maximum absolute atomic E-state index is 15.3. The Balaban J connectivity index is 1.75. The Hall–Kier alpha value is -2.93. The lowest BCUT2D eigenvalue weighted by Gasteiger charge is -2.15. The van der Waals surface area contributed by atoms with Crippen molar-refractivity contribution in [2.75, 3.05) is 6.61 Å². The number of rotatable bonds is 7. The third kappa shape index (κ3) is 4.34. The zero-order valence-corrected chi connectivity index (χ0v) is 19.2. The minimum Gasteiger partial charge on any atom is -0.490 e. The average Bonchev–Trinajstić information content (AvgIpc) is 3.13. The molecule has 0 spiro atoms. The van der Waals surface area contributed by atoms with Crippen LogP contribution in [0, 0.1) is 25.5 Å². The molecule has 9 heteroatoms. The third-order valence-electron chi connectivity index (χ3n) is 5.37. The molecule has 0 aliphatic heterocycles. The summed E-state index contributed by atoms with van der Waals surface area (Å²) in [5.41, 5.74) is 0.595. The summed E-state index contributed by atoms with van der Waals surface area (Å²) in [7, 11) is -4.44. The van der Waals surface area contributed by atoms with Crippen LogP contribution in [0.1, 0.15) is 30.9 Å². The zero-order chi connectivity index (χ0) is 23.9. The van der Waals surface area contributed by atoms with Gasteiger partial charge in [-0.05, 0) is 67.8 Å². The number of benzene rings is 3. The predicted octanol–water partition coefficient (Wildman–Crippen LogP) is 6.26. The lowest BCUT2D eigenvalue weighted by molar-refractivity contribution is 0.294. The first-order valence-corrected chi connectivity index (χ1v) is 12.0. The van der Waals surface area contributed by atoms with Gasteiger partial charge in [0.2, 0.25) is 11.6 Å². The summed E-state index contributed by atoms with van der Waals surface area (Å²) in [5.74, 6) is -1.35. The van der Waals surface area contributed by atoms with Crippen LogP contribution >= 0.6 is 7.60 Å². The SMILES string of the molecule is CCCCOc1ccc2c(oc3c(F)c(Oc4c(C)cc(P(=O)(O)O)cc4C)ccc32)c1F. The van der Waals surface area contributed by atoms with Crippen molar-refractivity contribution in [3.05, 3.63) is 59.2 Å². The van der Waals surface area contributed by atoms with Gasteiger partial charge in [-0.3, -0.25) is 4.57 Å². The number of aryl methyl sites for hydroxylation is 2. The number of halogens is 2. The van der Waals surface area contributed by atoms with E-state index in [4.69, 9.17) is 13.9 Å². The Morgan fingerprint density at radius 1 is 0.939 bits per heavy atom.